The maximum Gasteiger partial charge on any atom is 0.409 e. The number of carbonyl (C=O) groups is 1. The summed E-state index contributed by atoms with van der Waals surface area (Å²) < 4.78 is 4.79. The Hall–Kier alpha value is -1.55. The Labute approximate surface area is 114 Å². The monoisotopic (exact) mass is 262 g/mol. The van der Waals surface area contributed by atoms with Gasteiger partial charge in [0.1, 0.15) is 0 Å². The number of carbonyl (C=O) groups excluding carboxylic acids is 1. The summed E-state index contributed by atoms with van der Waals surface area (Å²) in [5, 5.41) is 0. The van der Waals surface area contributed by atoms with E-state index in [1.54, 1.807) is 4.90 Å². The van der Waals surface area contributed by atoms with E-state index in [4.69, 9.17) is 10.5 Å². The quantitative estimate of drug-likeness (QED) is 0.888. The summed E-state index contributed by atoms with van der Waals surface area (Å²) >= 11 is 0. The number of nitrogens with two attached hydrogens (primary N) is 1. The van der Waals surface area contributed by atoms with Crippen molar-refractivity contribution in [3.05, 3.63) is 35.4 Å². The third-order valence-electron chi connectivity index (χ3n) is 4.06. The van der Waals surface area contributed by atoms with E-state index in [1.807, 2.05) is 0 Å². The Bertz CT molecular complexity index is 448. The highest BCUT2D eigenvalue weighted by atomic mass is 16.5. The molecule has 2 rings (SSSR count). The maximum atomic E-state index is 11.6. The minimum Gasteiger partial charge on any atom is -0.453 e. The van der Waals surface area contributed by atoms with E-state index >= 15 is 0 Å². The summed E-state index contributed by atoms with van der Waals surface area (Å²) in [5.41, 5.74) is 8.57. The third-order valence-corrected chi connectivity index (χ3v) is 4.06. The van der Waals surface area contributed by atoms with Crippen molar-refractivity contribution in [2.75, 3.05) is 26.7 Å². The highest BCUT2D eigenvalue weighted by Crippen LogP contribution is 2.34. The second-order valence-electron chi connectivity index (χ2n) is 5.16. The average molecular weight is 262 g/mol. The molecule has 104 valence electrons. The topological polar surface area (TPSA) is 55.6 Å². The van der Waals surface area contributed by atoms with Crippen LogP contribution in [0.15, 0.2) is 24.3 Å². The molecule has 1 fully saturated rings. The van der Waals surface area contributed by atoms with Gasteiger partial charge >= 0.3 is 6.09 Å². The number of aryl methyl sites for hydroxylation is 1. The minimum atomic E-state index is -0.248. The normalized spacial score (nSPS) is 23.2. The van der Waals surface area contributed by atoms with Crippen LogP contribution in [0.25, 0.3) is 0 Å². The van der Waals surface area contributed by atoms with Crippen LogP contribution >= 0.6 is 0 Å². The number of nitrogens with zero attached hydrogens (tertiary/aromatic N) is 1. The van der Waals surface area contributed by atoms with Gasteiger partial charge in [0.2, 0.25) is 0 Å². The summed E-state index contributed by atoms with van der Waals surface area (Å²) in [5.74, 6) is 0.737. The van der Waals surface area contributed by atoms with Gasteiger partial charge in [-0.05, 0) is 42.9 Å². The first-order chi connectivity index (χ1) is 9.17. The second kappa shape index (κ2) is 6.06. The Morgan fingerprint density at radius 2 is 2.21 bits per heavy atom. The van der Waals surface area contributed by atoms with Gasteiger partial charge in [0.05, 0.1) is 7.11 Å². The number of methoxy groups -OCH3 is 1. The average Bonchev–Trinajstić information content (AvgIpc) is 2.46. The molecule has 0 bridgehead atoms. The summed E-state index contributed by atoms with van der Waals surface area (Å²) in [4.78, 5) is 13.4. The number of benzene rings is 1. The van der Waals surface area contributed by atoms with E-state index in [1.165, 1.54) is 18.2 Å². The lowest BCUT2D eigenvalue weighted by Gasteiger charge is -2.38. The van der Waals surface area contributed by atoms with Gasteiger partial charge in [0.15, 0.2) is 0 Å². The predicted molar refractivity (Wildman–Crippen MR) is 75.1 cm³/mol. The molecule has 1 aromatic rings. The lowest BCUT2D eigenvalue weighted by atomic mass is 9.79. The molecule has 2 N–H and O–H groups in total. The molecule has 0 aliphatic carbocycles. The summed E-state index contributed by atoms with van der Waals surface area (Å²) in [7, 11) is 1.42. The Kier molecular flexibility index (Phi) is 4.43. The highest BCUT2D eigenvalue weighted by Gasteiger charge is 2.32. The molecule has 2 atom stereocenters. The molecule has 1 amide bonds. The van der Waals surface area contributed by atoms with Crippen LogP contribution in [-0.2, 0) is 4.74 Å². The fourth-order valence-corrected chi connectivity index (χ4v) is 2.98. The number of likely N-dealkylation sites (tertiary alicyclic amines) is 1. The molecular weight excluding hydrogens is 240 g/mol. The molecule has 19 heavy (non-hydrogen) atoms. The molecule has 1 heterocycles. The highest BCUT2D eigenvalue weighted by molar-refractivity contribution is 5.67. The molecule has 1 aliphatic heterocycles. The van der Waals surface area contributed by atoms with Crippen LogP contribution in [0.2, 0.25) is 0 Å². The number of ether oxygens (including phenoxy) is 1. The van der Waals surface area contributed by atoms with Crippen LogP contribution in [0.5, 0.6) is 0 Å². The summed E-state index contributed by atoms with van der Waals surface area (Å²) in [6, 6.07) is 8.44. The summed E-state index contributed by atoms with van der Waals surface area (Å²) in [6.07, 6.45) is 0.698. The van der Waals surface area contributed by atoms with Gasteiger partial charge in [0.25, 0.3) is 0 Å². The fraction of sp³-hybridized carbons (Fsp3) is 0.533. The van der Waals surface area contributed by atoms with Gasteiger partial charge < -0.3 is 15.4 Å². The largest absolute Gasteiger partial charge is 0.453 e. The van der Waals surface area contributed by atoms with Crippen molar-refractivity contribution >= 4 is 6.09 Å². The van der Waals surface area contributed by atoms with Crippen molar-refractivity contribution in [1.82, 2.24) is 4.90 Å². The Morgan fingerprint density at radius 1 is 1.47 bits per heavy atom. The van der Waals surface area contributed by atoms with Gasteiger partial charge in [-0.3, -0.25) is 0 Å². The van der Waals surface area contributed by atoms with Crippen LogP contribution in [0.3, 0.4) is 0 Å². The van der Waals surface area contributed by atoms with Gasteiger partial charge in [0, 0.05) is 13.1 Å². The number of hydrogen-bond donors (Lipinski definition) is 1. The van der Waals surface area contributed by atoms with E-state index in [9.17, 15) is 4.79 Å². The Morgan fingerprint density at radius 3 is 2.84 bits per heavy atom. The number of piperidine rings is 1. The van der Waals surface area contributed by atoms with Crippen LogP contribution in [0, 0.1) is 12.8 Å². The van der Waals surface area contributed by atoms with Crippen molar-refractivity contribution < 1.29 is 9.53 Å². The van der Waals surface area contributed by atoms with Crippen molar-refractivity contribution in [1.29, 1.82) is 0 Å². The smallest absolute Gasteiger partial charge is 0.409 e. The standard InChI is InChI=1S/C15H22N2O2/c1-11-5-3-4-6-13(11)14-7-8-17(15(18)19-2)10-12(14)9-16/h3-6,12,14H,7-10,16H2,1-2H3. The first kappa shape index (κ1) is 13.9. The van der Waals surface area contributed by atoms with E-state index < -0.39 is 0 Å². The lowest BCUT2D eigenvalue weighted by Crippen LogP contribution is -2.45. The first-order valence-electron chi connectivity index (χ1n) is 6.75. The van der Waals surface area contributed by atoms with Gasteiger partial charge in [-0.25, -0.2) is 4.79 Å². The molecule has 0 aromatic heterocycles. The fourth-order valence-electron chi connectivity index (χ4n) is 2.98. The van der Waals surface area contributed by atoms with Crippen LogP contribution in [-0.4, -0.2) is 37.7 Å². The number of rotatable bonds is 2. The molecule has 4 nitrogen and oxygen atoms in total. The molecule has 4 heteroatoms. The Balaban J connectivity index is 2.16. The number of amides is 1. The van der Waals surface area contributed by atoms with Gasteiger partial charge in [-0.2, -0.15) is 0 Å². The zero-order chi connectivity index (χ0) is 13.8. The zero-order valence-electron chi connectivity index (χ0n) is 11.6. The molecule has 1 aliphatic rings. The van der Waals surface area contributed by atoms with Crippen molar-refractivity contribution in [2.45, 2.75) is 19.3 Å². The minimum absolute atomic E-state index is 0.248. The molecule has 1 aromatic carbocycles. The van der Waals surface area contributed by atoms with Gasteiger partial charge in [-0.1, -0.05) is 24.3 Å². The zero-order valence-corrected chi connectivity index (χ0v) is 11.6. The molecule has 0 spiro atoms. The summed E-state index contributed by atoms with van der Waals surface area (Å²) in [6.45, 7) is 4.15. The van der Waals surface area contributed by atoms with Gasteiger partial charge in [-0.15, -0.1) is 0 Å². The number of hydrogen-bond acceptors (Lipinski definition) is 3. The van der Waals surface area contributed by atoms with Crippen LogP contribution in [0.4, 0.5) is 4.79 Å². The molecular formula is C15H22N2O2. The molecule has 0 saturated carbocycles. The van der Waals surface area contributed by atoms with E-state index in [-0.39, 0.29) is 6.09 Å². The second-order valence-corrected chi connectivity index (χ2v) is 5.16. The van der Waals surface area contributed by atoms with E-state index in [0.29, 0.717) is 24.9 Å². The predicted octanol–water partition coefficient (Wildman–Crippen LogP) is 2.13. The maximum absolute atomic E-state index is 11.6. The van der Waals surface area contributed by atoms with Crippen molar-refractivity contribution in [3.63, 3.8) is 0 Å². The van der Waals surface area contributed by atoms with E-state index in [2.05, 4.69) is 31.2 Å². The molecule has 0 radical (unpaired) electrons. The van der Waals surface area contributed by atoms with Crippen molar-refractivity contribution in [3.8, 4) is 0 Å². The first-order valence-corrected chi connectivity index (χ1v) is 6.75. The van der Waals surface area contributed by atoms with Crippen molar-refractivity contribution in [2.24, 2.45) is 11.7 Å². The van der Waals surface area contributed by atoms with Crippen LogP contribution < -0.4 is 5.73 Å². The SMILES string of the molecule is COC(=O)N1CCC(c2ccccc2C)C(CN)C1. The van der Waals surface area contributed by atoms with E-state index in [0.717, 1.165) is 13.0 Å². The molecule has 2 unspecified atom stereocenters. The van der Waals surface area contributed by atoms with Crippen LogP contribution in [0.1, 0.15) is 23.5 Å². The lowest BCUT2D eigenvalue weighted by molar-refractivity contribution is 0.0970. The third kappa shape index (κ3) is 2.89. The molecule has 1 saturated heterocycles.